The SMILES string of the molecule is O=C(NCCON=c1cc(NOCCNC(=O)OCc2ccccc2)c2ccccc2c2ccccc12)OCc1ccccc1. The molecule has 0 radical (unpaired) electrons. The van der Waals surface area contributed by atoms with Crippen LogP contribution in [0.4, 0.5) is 15.3 Å². The topological polar surface area (TPSA) is 120 Å². The van der Waals surface area contributed by atoms with Crippen LogP contribution in [-0.4, -0.2) is 38.5 Å². The summed E-state index contributed by atoms with van der Waals surface area (Å²) in [4.78, 5) is 35.4. The third-order valence-corrected chi connectivity index (χ3v) is 6.70. The molecule has 0 spiro atoms. The molecule has 0 fully saturated rings. The highest BCUT2D eigenvalue weighted by Gasteiger charge is 2.08. The van der Waals surface area contributed by atoms with Gasteiger partial charge in [-0.3, -0.25) is 10.3 Å². The molecule has 5 aromatic carbocycles. The molecule has 3 N–H and O–H groups in total. The number of ether oxygens (including phenoxy) is 2. The van der Waals surface area contributed by atoms with Crippen LogP contribution < -0.4 is 21.5 Å². The van der Waals surface area contributed by atoms with E-state index in [-0.39, 0.29) is 39.5 Å². The van der Waals surface area contributed by atoms with Crippen LogP contribution >= 0.6 is 0 Å². The number of anilines is 1. The van der Waals surface area contributed by atoms with Crippen molar-refractivity contribution >= 4 is 39.4 Å². The van der Waals surface area contributed by atoms with Gasteiger partial charge in [-0.1, -0.05) is 114 Å². The number of hydrogen-bond donors (Lipinski definition) is 3. The Morgan fingerprint density at radius 3 is 1.67 bits per heavy atom. The Morgan fingerprint density at radius 2 is 1.07 bits per heavy atom. The minimum absolute atomic E-state index is 0.137. The maximum absolute atomic E-state index is 12.1. The zero-order chi connectivity index (χ0) is 31.1. The summed E-state index contributed by atoms with van der Waals surface area (Å²) in [7, 11) is 0. The molecule has 0 unspecified atom stereocenters. The van der Waals surface area contributed by atoms with Gasteiger partial charge >= 0.3 is 12.2 Å². The zero-order valence-electron chi connectivity index (χ0n) is 24.6. The highest BCUT2D eigenvalue weighted by Crippen LogP contribution is 2.27. The Hall–Kier alpha value is -5.61. The van der Waals surface area contributed by atoms with E-state index in [4.69, 9.17) is 19.1 Å². The minimum Gasteiger partial charge on any atom is -0.445 e. The Labute approximate surface area is 260 Å². The van der Waals surface area contributed by atoms with Crippen molar-refractivity contribution in [3.05, 3.63) is 132 Å². The lowest BCUT2D eigenvalue weighted by molar-refractivity contribution is 0.119. The van der Waals surface area contributed by atoms with Crippen molar-refractivity contribution < 1.29 is 28.7 Å². The Kier molecular flexibility index (Phi) is 11.2. The van der Waals surface area contributed by atoms with E-state index in [9.17, 15) is 9.59 Å². The largest absolute Gasteiger partial charge is 0.445 e. The molecule has 0 heterocycles. The summed E-state index contributed by atoms with van der Waals surface area (Å²) in [6.45, 7) is 1.14. The first-order chi connectivity index (χ1) is 22.2. The van der Waals surface area contributed by atoms with Crippen molar-refractivity contribution in [3.63, 3.8) is 0 Å². The van der Waals surface area contributed by atoms with E-state index >= 15 is 0 Å². The highest BCUT2D eigenvalue weighted by atomic mass is 16.6. The lowest BCUT2D eigenvalue weighted by atomic mass is 10.1. The van der Waals surface area contributed by atoms with Gasteiger partial charge in [0.15, 0.2) is 0 Å². The predicted molar refractivity (Wildman–Crippen MR) is 172 cm³/mol. The number of alkyl carbamates (subject to hydrolysis) is 2. The molecule has 0 aromatic heterocycles. The number of nitrogens with zero attached hydrogens (tertiary/aromatic N) is 1. The number of nitrogens with one attached hydrogen (secondary N) is 3. The normalized spacial score (nSPS) is 11.2. The fraction of sp³-hybridized carbons (Fsp3) is 0.171. The van der Waals surface area contributed by atoms with Crippen LogP contribution in [0.2, 0.25) is 0 Å². The molecule has 0 bridgehead atoms. The number of benzene rings is 4. The van der Waals surface area contributed by atoms with Gasteiger partial charge < -0.3 is 24.9 Å². The maximum atomic E-state index is 12.1. The second kappa shape index (κ2) is 16.3. The molecule has 5 rings (SSSR count). The van der Waals surface area contributed by atoms with Gasteiger partial charge in [-0.25, -0.2) is 9.59 Å². The van der Waals surface area contributed by atoms with E-state index in [0.717, 1.165) is 32.7 Å². The van der Waals surface area contributed by atoms with E-state index < -0.39 is 12.2 Å². The van der Waals surface area contributed by atoms with Crippen molar-refractivity contribution in [2.45, 2.75) is 13.2 Å². The molecule has 0 saturated heterocycles. The molecule has 230 valence electrons. The first kappa shape index (κ1) is 30.8. The lowest BCUT2D eigenvalue weighted by Crippen LogP contribution is -2.28. The van der Waals surface area contributed by atoms with Crippen molar-refractivity contribution in [2.24, 2.45) is 5.16 Å². The summed E-state index contributed by atoms with van der Waals surface area (Å²) in [5, 5.41) is 14.1. The molecule has 0 aliphatic heterocycles. The molecule has 45 heavy (non-hydrogen) atoms. The predicted octanol–water partition coefficient (Wildman–Crippen LogP) is 6.02. The first-order valence-electron chi connectivity index (χ1n) is 14.5. The van der Waals surface area contributed by atoms with Crippen molar-refractivity contribution in [2.75, 3.05) is 31.8 Å². The molecule has 0 atom stereocenters. The van der Waals surface area contributed by atoms with Crippen LogP contribution in [0.25, 0.3) is 21.5 Å². The molecule has 10 heteroatoms. The van der Waals surface area contributed by atoms with E-state index in [1.165, 1.54) is 0 Å². The van der Waals surface area contributed by atoms with Crippen LogP contribution in [0.15, 0.2) is 120 Å². The number of hydrogen-bond acceptors (Lipinski definition) is 8. The Balaban J connectivity index is 1.20. The molecule has 0 saturated carbocycles. The second-order valence-electron chi connectivity index (χ2n) is 9.89. The fourth-order valence-corrected chi connectivity index (χ4v) is 4.54. The van der Waals surface area contributed by atoms with Crippen LogP contribution in [-0.2, 0) is 32.4 Å². The van der Waals surface area contributed by atoms with E-state index in [1.54, 1.807) is 0 Å². The Morgan fingerprint density at radius 1 is 0.578 bits per heavy atom. The van der Waals surface area contributed by atoms with Crippen LogP contribution in [0.5, 0.6) is 0 Å². The number of rotatable bonds is 13. The number of amides is 2. The van der Waals surface area contributed by atoms with Gasteiger partial charge in [0.25, 0.3) is 0 Å². The lowest BCUT2D eigenvalue weighted by Gasteiger charge is -2.09. The van der Waals surface area contributed by atoms with Gasteiger partial charge in [-0.15, -0.1) is 0 Å². The average Bonchev–Trinajstić information content (AvgIpc) is 3.22. The smallest absolute Gasteiger partial charge is 0.407 e. The monoisotopic (exact) mass is 606 g/mol. The summed E-state index contributed by atoms with van der Waals surface area (Å²) in [6, 6.07) is 36.6. The second-order valence-corrected chi connectivity index (χ2v) is 9.89. The van der Waals surface area contributed by atoms with Crippen molar-refractivity contribution in [3.8, 4) is 0 Å². The zero-order valence-corrected chi connectivity index (χ0v) is 24.6. The van der Waals surface area contributed by atoms with Gasteiger partial charge in [0.2, 0.25) is 0 Å². The summed E-state index contributed by atoms with van der Waals surface area (Å²) >= 11 is 0. The highest BCUT2D eigenvalue weighted by molar-refractivity contribution is 6.09. The van der Waals surface area contributed by atoms with E-state index in [2.05, 4.69) is 21.3 Å². The third kappa shape index (κ3) is 9.19. The third-order valence-electron chi connectivity index (χ3n) is 6.70. The average molecular weight is 607 g/mol. The molecule has 0 aliphatic rings. The number of fused-ring (bicyclic) bond motifs is 3. The van der Waals surface area contributed by atoms with Crippen molar-refractivity contribution in [1.29, 1.82) is 0 Å². The summed E-state index contributed by atoms with van der Waals surface area (Å²) < 4.78 is 10.5. The van der Waals surface area contributed by atoms with E-state index in [0.29, 0.717) is 11.0 Å². The first-order valence-corrected chi connectivity index (χ1v) is 14.5. The van der Waals surface area contributed by atoms with Gasteiger partial charge in [-0.05, 0) is 28.0 Å². The summed E-state index contributed by atoms with van der Waals surface area (Å²) in [5.74, 6) is 0. The van der Waals surface area contributed by atoms with Gasteiger partial charge in [0, 0.05) is 17.3 Å². The van der Waals surface area contributed by atoms with Crippen LogP contribution in [0.1, 0.15) is 11.1 Å². The molecule has 5 aromatic rings. The van der Waals surface area contributed by atoms with Crippen LogP contribution in [0.3, 0.4) is 0 Å². The van der Waals surface area contributed by atoms with Crippen molar-refractivity contribution in [1.82, 2.24) is 10.6 Å². The molecule has 0 aliphatic carbocycles. The molecular formula is C35H34N4O6. The Bertz CT molecular complexity index is 1780. The fourth-order valence-electron chi connectivity index (χ4n) is 4.54. The minimum atomic E-state index is -0.534. The standard InChI is InChI=1S/C35H34N4O6/c40-34(42-24-26-11-3-1-4-12-26)36-19-21-44-38-32-23-33(31-18-10-8-16-29(31)28-15-7-9-17-30(28)32)39-45-22-20-37-35(41)43-25-27-13-5-2-6-14-27/h1-18,23,38H,19-22,24-25H2,(H,36,40)(H,37,41). The molecule has 2 amide bonds. The maximum Gasteiger partial charge on any atom is 0.407 e. The van der Waals surface area contributed by atoms with Gasteiger partial charge in [0.05, 0.1) is 18.8 Å². The summed E-state index contributed by atoms with van der Waals surface area (Å²) in [6.07, 6.45) is -1.06. The van der Waals surface area contributed by atoms with Crippen LogP contribution in [0, 0.1) is 0 Å². The molecule has 10 nitrogen and oxygen atoms in total. The number of carbonyl (C=O) groups excluding carboxylic acids is 2. The number of carbonyl (C=O) groups is 2. The van der Waals surface area contributed by atoms with E-state index in [1.807, 2.05) is 115 Å². The van der Waals surface area contributed by atoms with Gasteiger partial charge in [0.1, 0.15) is 25.2 Å². The quantitative estimate of drug-likeness (QED) is 0.111. The van der Waals surface area contributed by atoms with Gasteiger partial charge in [-0.2, -0.15) is 0 Å². The summed E-state index contributed by atoms with van der Waals surface area (Å²) in [5.41, 5.74) is 5.49. The molecular weight excluding hydrogens is 572 g/mol.